The molecule has 102 valence electrons. The summed E-state index contributed by atoms with van der Waals surface area (Å²) in [6, 6.07) is 7.37. The molecule has 0 aromatic heterocycles. The number of ether oxygens (including phenoxy) is 2. The lowest BCUT2D eigenvalue weighted by Gasteiger charge is -2.11. The number of esters is 1. The van der Waals surface area contributed by atoms with E-state index in [9.17, 15) is 4.79 Å². The van der Waals surface area contributed by atoms with Crippen LogP contribution in [0.5, 0.6) is 5.75 Å². The molecule has 3 heteroatoms. The molecular formula is C16H20O3. The normalized spacial score (nSPS) is 11.1. The molecule has 0 bridgehead atoms. The third-order valence-corrected chi connectivity index (χ3v) is 2.51. The van der Waals surface area contributed by atoms with Crippen LogP contribution in [0.4, 0.5) is 0 Å². The summed E-state index contributed by atoms with van der Waals surface area (Å²) >= 11 is 0. The molecule has 0 aliphatic carbocycles. The molecule has 1 aromatic carbocycles. The fraction of sp³-hybridized carbons (Fsp3) is 0.438. The molecular weight excluding hydrogens is 240 g/mol. The Morgan fingerprint density at radius 3 is 2.53 bits per heavy atom. The van der Waals surface area contributed by atoms with Crippen LogP contribution in [0.15, 0.2) is 24.3 Å². The first-order valence-corrected chi connectivity index (χ1v) is 6.61. The first-order chi connectivity index (χ1) is 9.15. The maximum absolute atomic E-state index is 11.2. The van der Waals surface area contributed by atoms with Crippen molar-refractivity contribution in [2.45, 2.75) is 39.7 Å². The molecule has 0 saturated carbocycles. The topological polar surface area (TPSA) is 35.5 Å². The average molecular weight is 260 g/mol. The van der Waals surface area contributed by atoms with E-state index in [2.05, 4.69) is 18.8 Å². The molecule has 1 atom stereocenters. The van der Waals surface area contributed by atoms with Crippen molar-refractivity contribution in [3.63, 3.8) is 0 Å². The van der Waals surface area contributed by atoms with E-state index in [1.807, 2.05) is 38.1 Å². The second-order valence-corrected chi connectivity index (χ2v) is 4.25. The highest BCUT2D eigenvalue weighted by Crippen LogP contribution is 2.14. The van der Waals surface area contributed by atoms with Gasteiger partial charge in [0, 0.05) is 11.5 Å². The fourth-order valence-electron chi connectivity index (χ4n) is 1.29. The lowest BCUT2D eigenvalue weighted by molar-refractivity contribution is -0.136. The second-order valence-electron chi connectivity index (χ2n) is 4.25. The molecule has 0 spiro atoms. The van der Waals surface area contributed by atoms with Crippen LogP contribution < -0.4 is 4.74 Å². The van der Waals surface area contributed by atoms with Crippen LogP contribution in [0, 0.1) is 11.8 Å². The minimum Gasteiger partial charge on any atom is -0.491 e. The molecule has 0 fully saturated rings. The van der Waals surface area contributed by atoms with Crippen molar-refractivity contribution in [1.29, 1.82) is 0 Å². The summed E-state index contributed by atoms with van der Waals surface area (Å²) in [5.74, 6) is 5.55. The van der Waals surface area contributed by atoms with Crippen molar-refractivity contribution < 1.29 is 14.3 Å². The zero-order valence-corrected chi connectivity index (χ0v) is 11.7. The molecule has 1 aromatic rings. The second kappa shape index (κ2) is 8.20. The lowest BCUT2D eigenvalue weighted by Crippen LogP contribution is -2.09. The van der Waals surface area contributed by atoms with E-state index in [0.29, 0.717) is 6.61 Å². The summed E-state index contributed by atoms with van der Waals surface area (Å²) in [5, 5.41) is 0. The lowest BCUT2D eigenvalue weighted by atomic mass is 10.2. The van der Waals surface area contributed by atoms with Gasteiger partial charge in [-0.3, -0.25) is 0 Å². The average Bonchev–Trinajstić information content (AvgIpc) is 2.44. The maximum Gasteiger partial charge on any atom is 0.384 e. The van der Waals surface area contributed by atoms with Gasteiger partial charge in [0.15, 0.2) is 0 Å². The third kappa shape index (κ3) is 5.96. The first kappa shape index (κ1) is 15.1. The Hall–Kier alpha value is -1.95. The Labute approximate surface area is 114 Å². The van der Waals surface area contributed by atoms with Crippen LogP contribution in [0.2, 0.25) is 0 Å². The van der Waals surface area contributed by atoms with Gasteiger partial charge in [-0.15, -0.1) is 0 Å². The van der Waals surface area contributed by atoms with Gasteiger partial charge in [0.1, 0.15) is 5.75 Å². The van der Waals surface area contributed by atoms with Gasteiger partial charge < -0.3 is 9.47 Å². The monoisotopic (exact) mass is 260 g/mol. The van der Waals surface area contributed by atoms with Gasteiger partial charge in [0.2, 0.25) is 0 Å². The minimum atomic E-state index is -0.484. The molecule has 0 radical (unpaired) electrons. The molecule has 3 nitrogen and oxygen atoms in total. The Morgan fingerprint density at radius 2 is 1.95 bits per heavy atom. The molecule has 0 aliphatic heterocycles. The largest absolute Gasteiger partial charge is 0.491 e. The number of hydrogen-bond donors (Lipinski definition) is 0. The van der Waals surface area contributed by atoms with E-state index in [1.54, 1.807) is 0 Å². The van der Waals surface area contributed by atoms with E-state index in [0.717, 1.165) is 24.2 Å². The fourth-order valence-corrected chi connectivity index (χ4v) is 1.29. The highest BCUT2D eigenvalue weighted by molar-refractivity contribution is 5.89. The summed E-state index contributed by atoms with van der Waals surface area (Å²) in [6.07, 6.45) is 1.96. The van der Waals surface area contributed by atoms with E-state index >= 15 is 0 Å². The predicted molar refractivity (Wildman–Crippen MR) is 75.0 cm³/mol. The molecule has 0 saturated heterocycles. The van der Waals surface area contributed by atoms with E-state index in [-0.39, 0.29) is 6.10 Å². The molecule has 1 rings (SSSR count). The van der Waals surface area contributed by atoms with Crippen molar-refractivity contribution in [2.75, 3.05) is 6.61 Å². The minimum absolute atomic E-state index is 0.195. The van der Waals surface area contributed by atoms with Gasteiger partial charge in [-0.25, -0.2) is 4.79 Å². The molecule has 0 aliphatic rings. The van der Waals surface area contributed by atoms with Crippen LogP contribution in [0.3, 0.4) is 0 Å². The van der Waals surface area contributed by atoms with Crippen molar-refractivity contribution >= 4 is 5.97 Å². The van der Waals surface area contributed by atoms with Gasteiger partial charge in [0.05, 0.1) is 12.7 Å². The standard InChI is InChI=1S/C16H20O3/c1-4-12-18-16(17)11-8-14-6-9-15(10-7-14)19-13(3)5-2/h6-7,9-10,13H,4-5,12H2,1-3H3. The number of benzene rings is 1. The summed E-state index contributed by atoms with van der Waals surface area (Å²) in [6.45, 7) is 6.45. The number of carbonyl (C=O) groups excluding carboxylic acids is 1. The van der Waals surface area contributed by atoms with E-state index < -0.39 is 5.97 Å². The van der Waals surface area contributed by atoms with Gasteiger partial charge in [-0.1, -0.05) is 19.8 Å². The highest BCUT2D eigenvalue weighted by Gasteiger charge is 2.00. The van der Waals surface area contributed by atoms with Crippen LogP contribution >= 0.6 is 0 Å². The van der Waals surface area contributed by atoms with Crippen molar-refractivity contribution in [3.05, 3.63) is 29.8 Å². The van der Waals surface area contributed by atoms with Gasteiger partial charge in [0.25, 0.3) is 0 Å². The van der Waals surface area contributed by atoms with Crippen LogP contribution in [-0.4, -0.2) is 18.7 Å². The molecule has 0 heterocycles. The number of hydrogen-bond acceptors (Lipinski definition) is 3. The van der Waals surface area contributed by atoms with Crippen LogP contribution in [0.1, 0.15) is 39.2 Å². The highest BCUT2D eigenvalue weighted by atomic mass is 16.5. The Balaban J connectivity index is 2.57. The zero-order valence-electron chi connectivity index (χ0n) is 11.7. The number of carbonyl (C=O) groups is 1. The summed E-state index contributed by atoms with van der Waals surface area (Å²) in [4.78, 5) is 11.2. The number of rotatable bonds is 5. The van der Waals surface area contributed by atoms with Gasteiger partial charge >= 0.3 is 5.97 Å². The van der Waals surface area contributed by atoms with Crippen molar-refractivity contribution in [3.8, 4) is 17.6 Å². The summed E-state index contributed by atoms with van der Waals surface area (Å²) in [7, 11) is 0. The Morgan fingerprint density at radius 1 is 1.26 bits per heavy atom. The summed E-state index contributed by atoms with van der Waals surface area (Å²) < 4.78 is 10.5. The van der Waals surface area contributed by atoms with Gasteiger partial charge in [-0.2, -0.15) is 0 Å². The smallest absolute Gasteiger partial charge is 0.384 e. The third-order valence-electron chi connectivity index (χ3n) is 2.51. The van der Waals surface area contributed by atoms with E-state index in [4.69, 9.17) is 9.47 Å². The molecule has 0 N–H and O–H groups in total. The predicted octanol–water partition coefficient (Wildman–Crippen LogP) is 3.17. The Bertz CT molecular complexity index is 451. The SMILES string of the molecule is CCCOC(=O)C#Cc1ccc(OC(C)CC)cc1. The van der Waals surface area contributed by atoms with Crippen molar-refractivity contribution in [1.82, 2.24) is 0 Å². The Kier molecular flexibility index (Phi) is 6.52. The van der Waals surface area contributed by atoms with Crippen molar-refractivity contribution in [2.24, 2.45) is 0 Å². The van der Waals surface area contributed by atoms with E-state index in [1.165, 1.54) is 0 Å². The zero-order chi connectivity index (χ0) is 14.1. The van der Waals surface area contributed by atoms with Crippen LogP contribution in [0.25, 0.3) is 0 Å². The first-order valence-electron chi connectivity index (χ1n) is 6.61. The van der Waals surface area contributed by atoms with Crippen LogP contribution in [-0.2, 0) is 9.53 Å². The van der Waals surface area contributed by atoms with Gasteiger partial charge in [-0.05, 0) is 44.0 Å². The molecule has 0 amide bonds. The quantitative estimate of drug-likeness (QED) is 0.602. The summed E-state index contributed by atoms with van der Waals surface area (Å²) in [5.41, 5.74) is 0.768. The molecule has 1 unspecified atom stereocenters. The maximum atomic E-state index is 11.2. The molecule has 19 heavy (non-hydrogen) atoms.